The molecule has 0 heterocycles. The Balaban J connectivity index is 2.07. The van der Waals surface area contributed by atoms with E-state index in [4.69, 9.17) is 4.74 Å². The van der Waals surface area contributed by atoms with Gasteiger partial charge < -0.3 is 10.1 Å². The molecule has 0 saturated heterocycles. The van der Waals surface area contributed by atoms with Crippen molar-refractivity contribution >= 4 is 27.4 Å². The highest BCUT2D eigenvalue weighted by Crippen LogP contribution is 2.16. The second kappa shape index (κ2) is 8.11. The van der Waals surface area contributed by atoms with Gasteiger partial charge in [-0.1, -0.05) is 12.1 Å². The van der Waals surface area contributed by atoms with Crippen LogP contribution < -0.4 is 14.8 Å². The minimum atomic E-state index is -3.86. The number of hydrogen-bond donors (Lipinski definition) is 2. The van der Waals surface area contributed by atoms with Gasteiger partial charge in [-0.2, -0.15) is 4.72 Å². The number of ether oxygens (including phenoxy) is 1. The van der Waals surface area contributed by atoms with Gasteiger partial charge in [0.25, 0.3) is 0 Å². The summed E-state index contributed by atoms with van der Waals surface area (Å²) < 4.78 is 32.0. The van der Waals surface area contributed by atoms with Gasteiger partial charge in [-0.05, 0) is 50.2 Å². The van der Waals surface area contributed by atoms with E-state index in [9.17, 15) is 18.0 Å². The van der Waals surface area contributed by atoms with E-state index >= 15 is 0 Å². The van der Waals surface area contributed by atoms with Crippen LogP contribution in [0.15, 0.2) is 53.4 Å². The molecule has 0 aliphatic carbocycles. The van der Waals surface area contributed by atoms with Gasteiger partial charge in [-0.15, -0.1) is 0 Å². The molecule has 0 aromatic heterocycles. The van der Waals surface area contributed by atoms with E-state index in [0.717, 1.165) is 0 Å². The zero-order valence-electron chi connectivity index (χ0n) is 14.6. The van der Waals surface area contributed by atoms with Crippen LogP contribution in [0.3, 0.4) is 0 Å². The van der Waals surface area contributed by atoms with Gasteiger partial charge in [-0.3, -0.25) is 9.59 Å². The van der Waals surface area contributed by atoms with Crippen molar-refractivity contribution in [3.05, 3.63) is 54.1 Å². The quantitative estimate of drug-likeness (QED) is 0.722. The average Bonchev–Trinajstić information content (AvgIpc) is 2.61. The fourth-order valence-electron chi connectivity index (χ4n) is 2.18. The number of nitrogens with one attached hydrogen (secondary N) is 2. The molecule has 2 rings (SSSR count). The molecule has 0 bridgehead atoms. The zero-order valence-corrected chi connectivity index (χ0v) is 15.5. The number of methoxy groups -OCH3 is 1. The molecule has 1 atom stereocenters. The Morgan fingerprint density at radius 1 is 1.08 bits per heavy atom. The summed E-state index contributed by atoms with van der Waals surface area (Å²) in [5.74, 6) is -0.141. The fourth-order valence-corrected chi connectivity index (χ4v) is 3.38. The van der Waals surface area contributed by atoms with Crippen molar-refractivity contribution in [3.63, 3.8) is 0 Å². The van der Waals surface area contributed by atoms with Crippen LogP contribution in [-0.4, -0.2) is 33.3 Å². The topological polar surface area (TPSA) is 102 Å². The number of rotatable bonds is 7. The SMILES string of the molecule is COc1ccc(S(=O)(=O)N[C@@H](C)C(=O)Nc2cccc(C(C)=O)c2)cc1. The number of ketones is 1. The van der Waals surface area contributed by atoms with Gasteiger partial charge in [0.05, 0.1) is 18.0 Å². The third-order valence-electron chi connectivity index (χ3n) is 3.63. The molecule has 138 valence electrons. The molecule has 0 fully saturated rings. The van der Waals surface area contributed by atoms with Gasteiger partial charge >= 0.3 is 0 Å². The minimum absolute atomic E-state index is 0.0246. The molecule has 0 saturated carbocycles. The number of Topliss-reactive ketones (excluding diaryl/α,β-unsaturated/α-hetero) is 1. The molecule has 0 radical (unpaired) electrons. The minimum Gasteiger partial charge on any atom is -0.497 e. The lowest BCUT2D eigenvalue weighted by atomic mass is 10.1. The summed E-state index contributed by atoms with van der Waals surface area (Å²) >= 11 is 0. The molecule has 2 aromatic carbocycles. The Bertz CT molecular complexity index is 907. The van der Waals surface area contributed by atoms with Crippen LogP contribution in [-0.2, 0) is 14.8 Å². The van der Waals surface area contributed by atoms with Crippen molar-refractivity contribution in [3.8, 4) is 5.75 Å². The highest BCUT2D eigenvalue weighted by Gasteiger charge is 2.22. The van der Waals surface area contributed by atoms with Gasteiger partial charge in [0, 0.05) is 11.3 Å². The molecular formula is C18H20N2O5S. The van der Waals surface area contributed by atoms with E-state index in [0.29, 0.717) is 17.0 Å². The first kappa shape index (κ1) is 19.6. The van der Waals surface area contributed by atoms with E-state index in [1.54, 1.807) is 18.2 Å². The standard InChI is InChI=1S/C18H20N2O5S/c1-12(18(22)19-15-6-4-5-14(11-15)13(2)21)20-26(23,24)17-9-7-16(25-3)8-10-17/h4-12,20H,1-3H3,(H,19,22)/t12-/m0/s1. The second-order valence-corrected chi connectivity index (χ2v) is 7.36. The number of benzene rings is 2. The highest BCUT2D eigenvalue weighted by atomic mass is 32.2. The maximum Gasteiger partial charge on any atom is 0.242 e. The van der Waals surface area contributed by atoms with Gasteiger partial charge in [-0.25, -0.2) is 8.42 Å². The summed E-state index contributed by atoms with van der Waals surface area (Å²) in [5, 5.41) is 2.59. The van der Waals surface area contributed by atoms with E-state index in [2.05, 4.69) is 10.0 Å². The number of amides is 1. The normalized spacial score (nSPS) is 12.3. The molecule has 7 nitrogen and oxygen atoms in total. The lowest BCUT2D eigenvalue weighted by Gasteiger charge is -2.15. The maximum absolute atomic E-state index is 12.4. The number of anilines is 1. The molecular weight excluding hydrogens is 356 g/mol. The van der Waals surface area contributed by atoms with Gasteiger partial charge in [0.15, 0.2) is 5.78 Å². The molecule has 0 aliphatic rings. The van der Waals surface area contributed by atoms with Crippen LogP contribution in [0.1, 0.15) is 24.2 Å². The summed E-state index contributed by atoms with van der Waals surface area (Å²) in [6.07, 6.45) is 0. The van der Waals surface area contributed by atoms with Gasteiger partial charge in [0.1, 0.15) is 5.75 Å². The third-order valence-corrected chi connectivity index (χ3v) is 5.19. The fraction of sp³-hybridized carbons (Fsp3) is 0.222. The van der Waals surface area contributed by atoms with Crippen molar-refractivity contribution < 1.29 is 22.7 Å². The summed E-state index contributed by atoms with van der Waals surface area (Å²) in [6.45, 7) is 2.86. The third kappa shape index (κ3) is 4.90. The molecule has 26 heavy (non-hydrogen) atoms. The average molecular weight is 376 g/mol. The highest BCUT2D eigenvalue weighted by molar-refractivity contribution is 7.89. The summed E-state index contributed by atoms with van der Waals surface area (Å²) in [5.41, 5.74) is 0.868. The molecule has 2 aromatic rings. The van der Waals surface area contributed by atoms with Crippen molar-refractivity contribution in [2.45, 2.75) is 24.8 Å². The number of sulfonamides is 1. The Morgan fingerprint density at radius 3 is 2.31 bits per heavy atom. The Labute approximate surface area is 152 Å². The Hall–Kier alpha value is -2.71. The molecule has 1 amide bonds. The first-order valence-electron chi connectivity index (χ1n) is 7.81. The number of hydrogen-bond acceptors (Lipinski definition) is 5. The van der Waals surface area contributed by atoms with Crippen molar-refractivity contribution in [2.24, 2.45) is 0 Å². The van der Waals surface area contributed by atoms with E-state index < -0.39 is 22.0 Å². The Morgan fingerprint density at radius 2 is 1.73 bits per heavy atom. The largest absolute Gasteiger partial charge is 0.497 e. The molecule has 8 heteroatoms. The smallest absolute Gasteiger partial charge is 0.242 e. The molecule has 2 N–H and O–H groups in total. The van der Waals surface area contributed by atoms with Crippen LogP contribution in [0.5, 0.6) is 5.75 Å². The first-order chi connectivity index (χ1) is 12.2. The van der Waals surface area contributed by atoms with E-state index in [1.165, 1.54) is 51.3 Å². The number of carbonyl (C=O) groups is 2. The molecule has 0 aliphatic heterocycles. The van der Waals surface area contributed by atoms with Crippen molar-refractivity contribution in [1.82, 2.24) is 4.72 Å². The monoisotopic (exact) mass is 376 g/mol. The zero-order chi connectivity index (χ0) is 19.3. The van der Waals surface area contributed by atoms with Gasteiger partial charge in [0.2, 0.25) is 15.9 Å². The number of carbonyl (C=O) groups excluding carboxylic acids is 2. The predicted molar refractivity (Wildman–Crippen MR) is 97.9 cm³/mol. The maximum atomic E-state index is 12.4. The molecule has 0 spiro atoms. The lowest BCUT2D eigenvalue weighted by molar-refractivity contribution is -0.117. The second-order valence-electron chi connectivity index (χ2n) is 5.64. The van der Waals surface area contributed by atoms with Crippen molar-refractivity contribution in [1.29, 1.82) is 0 Å². The summed E-state index contributed by atoms with van der Waals surface area (Å²) in [4.78, 5) is 23.7. The first-order valence-corrected chi connectivity index (χ1v) is 9.29. The van der Waals surface area contributed by atoms with Crippen LogP contribution >= 0.6 is 0 Å². The summed E-state index contributed by atoms with van der Waals surface area (Å²) in [6, 6.07) is 11.2. The van der Waals surface area contributed by atoms with Crippen LogP contribution in [0, 0.1) is 0 Å². The molecule has 0 unspecified atom stereocenters. The van der Waals surface area contributed by atoms with Crippen molar-refractivity contribution in [2.75, 3.05) is 12.4 Å². The summed E-state index contributed by atoms with van der Waals surface area (Å²) in [7, 11) is -2.38. The van der Waals surface area contributed by atoms with Crippen LogP contribution in [0.25, 0.3) is 0 Å². The lowest BCUT2D eigenvalue weighted by Crippen LogP contribution is -2.41. The van der Waals surface area contributed by atoms with E-state index in [-0.39, 0.29) is 10.7 Å². The van der Waals surface area contributed by atoms with E-state index in [1.807, 2.05) is 0 Å². The van der Waals surface area contributed by atoms with Crippen LogP contribution in [0.4, 0.5) is 5.69 Å². The Kier molecular flexibility index (Phi) is 6.12. The van der Waals surface area contributed by atoms with Crippen LogP contribution in [0.2, 0.25) is 0 Å². The predicted octanol–water partition coefficient (Wildman–Crippen LogP) is 2.20.